The lowest BCUT2D eigenvalue weighted by Gasteiger charge is -2.15. The van der Waals surface area contributed by atoms with Crippen LogP contribution in [0.1, 0.15) is 25.3 Å². The van der Waals surface area contributed by atoms with Crippen LogP contribution in [0, 0.1) is 0 Å². The van der Waals surface area contributed by atoms with Gasteiger partial charge >= 0.3 is 6.18 Å². The number of nitrogen functional groups attached to an aromatic ring is 1. The molecule has 3 N–H and O–H groups in total. The van der Waals surface area contributed by atoms with E-state index in [1.165, 1.54) is 4.13 Å². The van der Waals surface area contributed by atoms with Crippen molar-refractivity contribution in [1.29, 1.82) is 0 Å². The second kappa shape index (κ2) is 6.95. The van der Waals surface area contributed by atoms with Gasteiger partial charge in [0, 0.05) is 10.2 Å². The Morgan fingerprint density at radius 2 is 1.78 bits per heavy atom. The summed E-state index contributed by atoms with van der Waals surface area (Å²) >= 11 is 2.83. The zero-order chi connectivity index (χ0) is 18.1. The predicted molar refractivity (Wildman–Crippen MR) is 82.6 cm³/mol. The zero-order valence-corrected chi connectivity index (χ0v) is 15.0. The van der Waals surface area contributed by atoms with Gasteiger partial charge in [0.05, 0.1) is 16.2 Å². The summed E-state index contributed by atoms with van der Waals surface area (Å²) in [6, 6.07) is 1.05. The van der Waals surface area contributed by atoms with Crippen molar-refractivity contribution in [2.45, 2.75) is 30.8 Å². The van der Waals surface area contributed by atoms with Gasteiger partial charge in [-0.1, -0.05) is 13.3 Å². The lowest BCUT2D eigenvalue weighted by Crippen LogP contribution is -2.34. The number of anilines is 1. The van der Waals surface area contributed by atoms with E-state index in [2.05, 4.69) is 15.9 Å². The van der Waals surface area contributed by atoms with Crippen LogP contribution in [-0.4, -0.2) is 22.6 Å². The average Bonchev–Trinajstić information content (AvgIpc) is 2.36. The molecular weight excluding hydrogens is 425 g/mol. The number of halogens is 4. The third-order valence-electron chi connectivity index (χ3n) is 2.70. The molecule has 0 heterocycles. The predicted octanol–water partition coefficient (Wildman–Crippen LogP) is 2.46. The van der Waals surface area contributed by atoms with Crippen molar-refractivity contribution >= 4 is 41.7 Å². The van der Waals surface area contributed by atoms with E-state index in [1.807, 2.05) is 0 Å². The topological polar surface area (TPSA) is 106 Å². The second-order valence-electron chi connectivity index (χ2n) is 4.63. The Bertz CT molecular complexity index is 792. The summed E-state index contributed by atoms with van der Waals surface area (Å²) in [7, 11) is -9.23. The lowest BCUT2D eigenvalue weighted by molar-refractivity contribution is -0.139. The maximum absolute atomic E-state index is 13.0. The van der Waals surface area contributed by atoms with Gasteiger partial charge in [0.25, 0.3) is 10.0 Å². The molecule has 0 saturated carbocycles. The van der Waals surface area contributed by atoms with Gasteiger partial charge in [0.2, 0.25) is 10.0 Å². The number of benzene rings is 1. The molecule has 6 nitrogen and oxygen atoms in total. The maximum Gasteiger partial charge on any atom is 0.417 e. The molecule has 1 aromatic rings. The van der Waals surface area contributed by atoms with Crippen molar-refractivity contribution in [3.05, 3.63) is 22.2 Å². The van der Waals surface area contributed by atoms with Gasteiger partial charge in [-0.3, -0.25) is 0 Å². The van der Waals surface area contributed by atoms with Crippen molar-refractivity contribution in [3.63, 3.8) is 0 Å². The summed E-state index contributed by atoms with van der Waals surface area (Å²) in [6.45, 7) is 1.68. The molecule has 0 amide bonds. The van der Waals surface area contributed by atoms with E-state index in [0.29, 0.717) is 18.6 Å². The number of nitrogens with two attached hydrogens (primary N) is 1. The van der Waals surface area contributed by atoms with Gasteiger partial charge in [-0.2, -0.15) is 13.2 Å². The number of unbranched alkanes of at least 4 members (excludes halogenated alkanes) is 1. The van der Waals surface area contributed by atoms with Gasteiger partial charge in [-0.05, 0) is 34.5 Å². The van der Waals surface area contributed by atoms with Crippen LogP contribution in [-0.2, 0) is 26.2 Å². The van der Waals surface area contributed by atoms with Crippen LogP contribution in [0.2, 0.25) is 0 Å². The van der Waals surface area contributed by atoms with E-state index in [1.54, 1.807) is 6.92 Å². The molecule has 0 fully saturated rings. The molecule has 12 heteroatoms. The molecule has 0 bridgehead atoms. The molecule has 23 heavy (non-hydrogen) atoms. The molecular formula is C11H14BrF3N2O4S2. The minimum absolute atomic E-state index is 0.100. The maximum atomic E-state index is 13.0. The highest BCUT2D eigenvalue weighted by Gasteiger charge is 2.39. The van der Waals surface area contributed by atoms with E-state index >= 15 is 0 Å². The first kappa shape index (κ1) is 20.2. The lowest BCUT2D eigenvalue weighted by atomic mass is 10.2. The second-order valence-corrected chi connectivity index (χ2v) is 9.23. The van der Waals surface area contributed by atoms with Crippen molar-refractivity contribution in [3.8, 4) is 0 Å². The molecule has 0 aliphatic heterocycles. The van der Waals surface area contributed by atoms with Crippen molar-refractivity contribution < 1.29 is 30.0 Å². The molecule has 0 atom stereocenters. The summed E-state index contributed by atoms with van der Waals surface area (Å²) in [6.07, 6.45) is -4.38. The highest BCUT2D eigenvalue weighted by molar-refractivity contribution is 9.10. The van der Waals surface area contributed by atoms with Crippen LogP contribution in [0.4, 0.5) is 18.9 Å². The Hall–Kier alpha value is -0.850. The van der Waals surface area contributed by atoms with Crippen LogP contribution in [0.15, 0.2) is 21.5 Å². The summed E-state index contributed by atoms with van der Waals surface area (Å²) in [5.41, 5.74) is 3.47. The highest BCUT2D eigenvalue weighted by Crippen LogP contribution is 2.38. The standard InChI is InChI=1S/C11H14BrF3N2O4S2/c1-2-3-4-22(18,19)17-23(20,21)10-6-8(12)9(16)5-7(10)11(13,14)15/h5-6,17H,2-4,16H2,1H3. The number of hydrogen-bond donors (Lipinski definition) is 2. The first-order valence-corrected chi connectivity index (χ1v) is 10.2. The van der Waals surface area contributed by atoms with E-state index in [-0.39, 0.29) is 16.6 Å². The smallest absolute Gasteiger partial charge is 0.398 e. The van der Waals surface area contributed by atoms with Crippen LogP contribution in [0.3, 0.4) is 0 Å². The minimum Gasteiger partial charge on any atom is -0.398 e. The number of alkyl halides is 3. The van der Waals surface area contributed by atoms with Crippen LogP contribution in [0.5, 0.6) is 0 Å². The summed E-state index contributed by atoms with van der Waals surface area (Å²) in [4.78, 5) is -1.22. The van der Waals surface area contributed by atoms with Crippen molar-refractivity contribution in [1.82, 2.24) is 4.13 Å². The Balaban J connectivity index is 3.42. The van der Waals surface area contributed by atoms with Crippen LogP contribution in [0.25, 0.3) is 0 Å². The molecule has 0 aliphatic rings. The molecule has 0 unspecified atom stereocenters. The van der Waals surface area contributed by atoms with E-state index in [4.69, 9.17) is 5.73 Å². The van der Waals surface area contributed by atoms with Gasteiger partial charge in [0.15, 0.2) is 0 Å². The first-order valence-electron chi connectivity index (χ1n) is 6.22. The first-order chi connectivity index (χ1) is 10.3. The number of hydrogen-bond acceptors (Lipinski definition) is 5. The average molecular weight is 439 g/mol. The Kier molecular flexibility index (Phi) is 6.10. The van der Waals surface area contributed by atoms with Crippen molar-refractivity contribution in [2.24, 2.45) is 0 Å². The molecule has 1 aromatic carbocycles. The number of rotatable bonds is 6. The molecule has 1 rings (SSSR count). The number of nitrogens with one attached hydrogen (secondary N) is 1. The molecule has 132 valence electrons. The quantitative estimate of drug-likeness (QED) is 0.663. The SMILES string of the molecule is CCCCS(=O)(=O)NS(=O)(=O)c1cc(Br)c(N)cc1C(F)(F)F. The van der Waals surface area contributed by atoms with E-state index in [0.717, 1.165) is 0 Å². The highest BCUT2D eigenvalue weighted by atomic mass is 79.9. The fourth-order valence-electron chi connectivity index (χ4n) is 1.60. The zero-order valence-electron chi connectivity index (χ0n) is 11.8. The van der Waals surface area contributed by atoms with Gasteiger partial charge in [-0.25, -0.2) is 16.8 Å². The van der Waals surface area contributed by atoms with Crippen molar-refractivity contribution in [2.75, 3.05) is 11.5 Å². The normalized spacial score (nSPS) is 13.3. The third kappa shape index (κ3) is 5.33. The Morgan fingerprint density at radius 1 is 1.22 bits per heavy atom. The summed E-state index contributed by atoms with van der Waals surface area (Å²) in [5.74, 6) is -0.514. The number of sulfonamides is 2. The molecule has 0 saturated heterocycles. The fraction of sp³-hybridized carbons (Fsp3) is 0.455. The van der Waals surface area contributed by atoms with E-state index < -0.39 is 42.4 Å². The minimum atomic E-state index is -5.02. The Labute approximate surface area is 140 Å². The third-order valence-corrected chi connectivity index (χ3v) is 7.02. The molecule has 0 aliphatic carbocycles. The van der Waals surface area contributed by atoms with Crippen LogP contribution < -0.4 is 9.86 Å². The summed E-state index contributed by atoms with van der Waals surface area (Å²) < 4.78 is 87.8. The van der Waals surface area contributed by atoms with Crippen LogP contribution >= 0.6 is 15.9 Å². The Morgan fingerprint density at radius 3 is 2.26 bits per heavy atom. The van der Waals surface area contributed by atoms with Gasteiger partial charge in [0.1, 0.15) is 0 Å². The summed E-state index contributed by atoms with van der Waals surface area (Å²) in [5, 5.41) is 0. The van der Waals surface area contributed by atoms with E-state index in [9.17, 15) is 30.0 Å². The van der Waals surface area contributed by atoms with Gasteiger partial charge in [-0.15, -0.1) is 4.13 Å². The fourth-order valence-corrected chi connectivity index (χ4v) is 5.53. The van der Waals surface area contributed by atoms with Gasteiger partial charge < -0.3 is 5.73 Å². The molecule has 0 radical (unpaired) electrons. The molecule has 0 aromatic heterocycles. The largest absolute Gasteiger partial charge is 0.417 e. The molecule has 0 spiro atoms. The monoisotopic (exact) mass is 438 g/mol.